The summed E-state index contributed by atoms with van der Waals surface area (Å²) < 4.78 is 0. The Morgan fingerprint density at radius 2 is 1.82 bits per heavy atom. The molecular weight excluding hydrogens is 220 g/mol. The number of phenols is 1. The van der Waals surface area contributed by atoms with Gasteiger partial charge in [-0.05, 0) is 22.9 Å². The molecule has 6 heteroatoms. The highest BCUT2D eigenvalue weighted by molar-refractivity contribution is 5.85. The Morgan fingerprint density at radius 3 is 2.24 bits per heavy atom. The molecule has 1 rings (SSSR count). The van der Waals surface area contributed by atoms with Gasteiger partial charge in [0.25, 0.3) is 0 Å². The van der Waals surface area contributed by atoms with E-state index in [0.717, 1.165) is 6.07 Å². The van der Waals surface area contributed by atoms with E-state index in [4.69, 9.17) is 15.8 Å². The maximum absolute atomic E-state index is 10.2. The lowest BCUT2D eigenvalue weighted by atomic mass is 10.0. The van der Waals surface area contributed by atoms with Crippen LogP contribution in [0.4, 0.5) is 5.69 Å². The highest BCUT2D eigenvalue weighted by Crippen LogP contribution is 2.30. The van der Waals surface area contributed by atoms with E-state index in [-0.39, 0.29) is 22.4 Å². The Labute approximate surface area is 96.2 Å². The highest BCUT2D eigenvalue weighted by Gasteiger charge is 2.11. The average Bonchev–Trinajstić information content (AvgIpc) is 2.35. The zero-order valence-electron chi connectivity index (χ0n) is 8.38. The summed E-state index contributed by atoms with van der Waals surface area (Å²) in [4.78, 5) is 10.2. The first kappa shape index (κ1) is 11.9. The second-order valence-electron chi connectivity index (χ2n) is 2.88. The third kappa shape index (κ3) is 2.26. The van der Waals surface area contributed by atoms with Gasteiger partial charge in [0.15, 0.2) is 0 Å². The monoisotopic (exact) mass is 224 g/mol. The van der Waals surface area contributed by atoms with Crippen LogP contribution in [0.5, 0.6) is 5.75 Å². The third-order valence-corrected chi connectivity index (χ3v) is 1.95. The number of nitriles is 3. The molecule has 0 aliphatic carbocycles. The molecule has 0 atom stereocenters. The Morgan fingerprint density at radius 1 is 1.18 bits per heavy atom. The number of allylic oxidation sites excluding steroid dienone is 2. The van der Waals surface area contributed by atoms with Gasteiger partial charge >= 0.3 is 0 Å². The fourth-order valence-corrected chi connectivity index (χ4v) is 1.16. The van der Waals surface area contributed by atoms with Crippen LogP contribution in [-0.2, 0) is 0 Å². The zero-order valence-corrected chi connectivity index (χ0v) is 8.38. The Bertz CT molecular complexity index is 610. The van der Waals surface area contributed by atoms with Crippen molar-refractivity contribution >= 4 is 11.3 Å². The fourth-order valence-electron chi connectivity index (χ4n) is 1.16. The summed E-state index contributed by atoms with van der Waals surface area (Å²) >= 11 is 0. The zero-order chi connectivity index (χ0) is 12.8. The van der Waals surface area contributed by atoms with Crippen molar-refractivity contribution in [1.29, 1.82) is 15.8 Å². The van der Waals surface area contributed by atoms with E-state index >= 15 is 0 Å². The van der Waals surface area contributed by atoms with Crippen molar-refractivity contribution in [3.63, 3.8) is 0 Å². The second kappa shape index (κ2) is 5.06. The van der Waals surface area contributed by atoms with Crippen LogP contribution in [0.1, 0.15) is 5.56 Å². The van der Waals surface area contributed by atoms with E-state index < -0.39 is 5.75 Å². The average molecular weight is 224 g/mol. The van der Waals surface area contributed by atoms with Crippen LogP contribution < -0.4 is 0 Å². The molecule has 1 N–H and O–H groups in total. The molecule has 0 saturated carbocycles. The van der Waals surface area contributed by atoms with Crippen molar-refractivity contribution in [3.8, 4) is 24.0 Å². The number of hydrogen-bond acceptors (Lipinski definition) is 6. The van der Waals surface area contributed by atoms with Gasteiger partial charge in [0, 0.05) is 0 Å². The lowest BCUT2D eigenvalue weighted by molar-refractivity contribution is 0.476. The lowest BCUT2D eigenvalue weighted by Crippen LogP contribution is -1.86. The first-order valence-corrected chi connectivity index (χ1v) is 4.29. The van der Waals surface area contributed by atoms with Crippen molar-refractivity contribution < 1.29 is 5.11 Å². The maximum Gasteiger partial charge on any atom is 0.149 e. The normalized spacial score (nSPS) is 8.29. The number of nitrogens with zero attached hydrogens (tertiary/aromatic N) is 4. The van der Waals surface area contributed by atoms with Gasteiger partial charge in [0.05, 0.1) is 5.57 Å². The molecule has 0 radical (unpaired) electrons. The van der Waals surface area contributed by atoms with Gasteiger partial charge in [0.2, 0.25) is 0 Å². The minimum absolute atomic E-state index is 0.164. The Hall–Kier alpha value is -3.17. The van der Waals surface area contributed by atoms with Crippen LogP contribution in [0, 0.1) is 38.9 Å². The summed E-state index contributed by atoms with van der Waals surface area (Å²) in [5.41, 5.74) is -0.529. The van der Waals surface area contributed by atoms with Crippen LogP contribution >= 0.6 is 0 Å². The van der Waals surface area contributed by atoms with Crippen LogP contribution in [-0.4, -0.2) is 5.11 Å². The van der Waals surface area contributed by atoms with Gasteiger partial charge in [-0.25, -0.2) is 0 Å². The lowest BCUT2D eigenvalue weighted by Gasteiger charge is -2.01. The smallest absolute Gasteiger partial charge is 0.149 e. The van der Waals surface area contributed by atoms with E-state index in [0.29, 0.717) is 0 Å². The molecule has 0 amide bonds. The van der Waals surface area contributed by atoms with E-state index in [9.17, 15) is 10.0 Å². The number of nitroso groups, excluding NO2 is 1. The molecule has 0 heterocycles. The predicted molar refractivity (Wildman–Crippen MR) is 57.3 cm³/mol. The van der Waals surface area contributed by atoms with E-state index in [1.165, 1.54) is 12.1 Å². The first-order chi connectivity index (χ1) is 8.17. The summed E-state index contributed by atoms with van der Waals surface area (Å²) in [6.07, 6.45) is 0. The molecule has 80 valence electrons. The van der Waals surface area contributed by atoms with Crippen LogP contribution in [0.15, 0.2) is 28.9 Å². The van der Waals surface area contributed by atoms with Crippen molar-refractivity contribution in [2.24, 2.45) is 5.18 Å². The molecule has 1 aromatic carbocycles. The molecular formula is C11H4N4O2. The van der Waals surface area contributed by atoms with Crippen molar-refractivity contribution in [2.45, 2.75) is 0 Å². The molecule has 1 aromatic rings. The van der Waals surface area contributed by atoms with Gasteiger partial charge < -0.3 is 5.11 Å². The summed E-state index contributed by atoms with van der Waals surface area (Å²) in [5.74, 6) is -0.416. The Balaban J connectivity index is 3.46. The molecule has 0 saturated heterocycles. The summed E-state index contributed by atoms with van der Waals surface area (Å²) in [6.45, 7) is 0. The minimum atomic E-state index is -0.416. The quantitative estimate of drug-likeness (QED) is 0.608. The maximum atomic E-state index is 10.2. The first-order valence-electron chi connectivity index (χ1n) is 4.29. The molecule has 0 aliphatic rings. The fraction of sp³-hybridized carbons (Fsp3) is 0. The van der Waals surface area contributed by atoms with Crippen molar-refractivity contribution in [3.05, 3.63) is 34.2 Å². The predicted octanol–water partition coefficient (Wildman–Crippen LogP) is 2.11. The summed E-state index contributed by atoms with van der Waals surface area (Å²) in [7, 11) is 0. The molecule has 0 unspecified atom stereocenters. The SMILES string of the molecule is N#CC(C#N)=C(C#N)c1ccc(N=O)c(O)c1. The van der Waals surface area contributed by atoms with Crippen molar-refractivity contribution in [2.75, 3.05) is 0 Å². The van der Waals surface area contributed by atoms with Crippen LogP contribution in [0.25, 0.3) is 5.57 Å². The van der Waals surface area contributed by atoms with E-state index in [2.05, 4.69) is 5.18 Å². The number of phenolic OH excluding ortho intramolecular Hbond substituents is 1. The molecule has 17 heavy (non-hydrogen) atoms. The van der Waals surface area contributed by atoms with Gasteiger partial charge in [-0.2, -0.15) is 15.8 Å². The van der Waals surface area contributed by atoms with Gasteiger partial charge in [-0.3, -0.25) is 0 Å². The molecule has 0 fully saturated rings. The topological polar surface area (TPSA) is 121 Å². The van der Waals surface area contributed by atoms with Crippen LogP contribution in [0.2, 0.25) is 0 Å². The third-order valence-electron chi connectivity index (χ3n) is 1.95. The minimum Gasteiger partial charge on any atom is -0.506 e. The number of benzene rings is 1. The second-order valence-corrected chi connectivity index (χ2v) is 2.88. The Kier molecular flexibility index (Phi) is 3.55. The highest BCUT2D eigenvalue weighted by atomic mass is 16.3. The van der Waals surface area contributed by atoms with Gasteiger partial charge in [0.1, 0.15) is 35.2 Å². The molecule has 0 bridgehead atoms. The van der Waals surface area contributed by atoms with Gasteiger partial charge in [-0.15, -0.1) is 4.91 Å². The summed E-state index contributed by atoms with van der Waals surface area (Å²) in [5, 5.41) is 38.1. The summed E-state index contributed by atoms with van der Waals surface area (Å²) in [6, 6.07) is 8.48. The van der Waals surface area contributed by atoms with E-state index in [1.807, 2.05) is 0 Å². The van der Waals surface area contributed by atoms with Crippen LogP contribution in [0.3, 0.4) is 0 Å². The van der Waals surface area contributed by atoms with Crippen molar-refractivity contribution in [1.82, 2.24) is 0 Å². The number of rotatable bonds is 2. The number of aromatic hydroxyl groups is 1. The molecule has 0 aliphatic heterocycles. The molecule has 0 aromatic heterocycles. The standard InChI is InChI=1S/C11H4N4O2/c12-4-8(5-13)9(6-14)7-1-2-10(15-17)11(16)3-7/h1-3,16H. The van der Waals surface area contributed by atoms with Gasteiger partial charge in [-0.1, -0.05) is 6.07 Å². The largest absolute Gasteiger partial charge is 0.506 e. The molecule has 6 nitrogen and oxygen atoms in total. The van der Waals surface area contributed by atoms with E-state index in [1.54, 1.807) is 18.2 Å². The number of hydrogen-bond donors (Lipinski definition) is 1. The molecule has 0 spiro atoms.